The molecule has 0 amide bonds. The van der Waals surface area contributed by atoms with Gasteiger partial charge in [-0.15, -0.1) is 0 Å². The summed E-state index contributed by atoms with van der Waals surface area (Å²) in [5, 5.41) is 0. The van der Waals surface area contributed by atoms with Crippen LogP contribution >= 0.6 is 0 Å². The van der Waals surface area contributed by atoms with Gasteiger partial charge in [0.15, 0.2) is 0 Å². The Balaban J connectivity index is 3.18. The SMILES string of the molecule is COc1c(C(N)C(C)C(C)C)ccc(C)c1C. The van der Waals surface area contributed by atoms with Gasteiger partial charge in [0.2, 0.25) is 0 Å². The molecule has 0 aliphatic rings. The topological polar surface area (TPSA) is 35.2 Å². The average molecular weight is 235 g/mol. The van der Waals surface area contributed by atoms with Crippen LogP contribution in [-0.4, -0.2) is 7.11 Å². The van der Waals surface area contributed by atoms with Crippen LogP contribution in [-0.2, 0) is 0 Å². The fourth-order valence-electron chi connectivity index (χ4n) is 2.04. The molecular weight excluding hydrogens is 210 g/mol. The summed E-state index contributed by atoms with van der Waals surface area (Å²) in [6.07, 6.45) is 0. The van der Waals surface area contributed by atoms with E-state index in [1.165, 1.54) is 11.1 Å². The third-order valence-electron chi connectivity index (χ3n) is 3.89. The Kier molecular flexibility index (Phi) is 4.58. The van der Waals surface area contributed by atoms with Crippen LogP contribution in [0.1, 0.15) is 43.5 Å². The van der Waals surface area contributed by atoms with E-state index in [2.05, 4.69) is 46.8 Å². The molecule has 0 heterocycles. The Hall–Kier alpha value is -1.02. The molecule has 0 saturated carbocycles. The largest absolute Gasteiger partial charge is 0.496 e. The normalized spacial score (nSPS) is 14.8. The number of methoxy groups -OCH3 is 1. The highest BCUT2D eigenvalue weighted by Crippen LogP contribution is 2.34. The van der Waals surface area contributed by atoms with E-state index >= 15 is 0 Å². The number of hydrogen-bond donors (Lipinski definition) is 1. The van der Waals surface area contributed by atoms with Crippen LogP contribution in [0.3, 0.4) is 0 Å². The van der Waals surface area contributed by atoms with Crippen LogP contribution in [0.2, 0.25) is 0 Å². The van der Waals surface area contributed by atoms with Crippen molar-refractivity contribution in [3.05, 3.63) is 28.8 Å². The highest BCUT2D eigenvalue weighted by atomic mass is 16.5. The summed E-state index contributed by atoms with van der Waals surface area (Å²) in [4.78, 5) is 0. The molecule has 0 aliphatic carbocycles. The van der Waals surface area contributed by atoms with Crippen molar-refractivity contribution < 1.29 is 4.74 Å². The van der Waals surface area contributed by atoms with E-state index in [4.69, 9.17) is 10.5 Å². The smallest absolute Gasteiger partial charge is 0.126 e. The lowest BCUT2D eigenvalue weighted by Gasteiger charge is -2.26. The van der Waals surface area contributed by atoms with Gasteiger partial charge >= 0.3 is 0 Å². The molecule has 0 bridgehead atoms. The standard InChI is InChI=1S/C15H25NO/c1-9(2)11(4)14(16)13-8-7-10(3)12(5)15(13)17-6/h7-9,11,14H,16H2,1-6H3. The summed E-state index contributed by atoms with van der Waals surface area (Å²) >= 11 is 0. The predicted molar refractivity (Wildman–Crippen MR) is 73.4 cm³/mol. The van der Waals surface area contributed by atoms with Crippen LogP contribution in [0.4, 0.5) is 0 Å². The highest BCUT2D eigenvalue weighted by Gasteiger charge is 2.22. The Morgan fingerprint density at radius 2 is 1.71 bits per heavy atom. The minimum atomic E-state index is 0.0317. The number of aryl methyl sites for hydroxylation is 1. The predicted octanol–water partition coefficient (Wildman–Crippen LogP) is 3.60. The zero-order valence-electron chi connectivity index (χ0n) is 11.9. The van der Waals surface area contributed by atoms with Gasteiger partial charge in [0.05, 0.1) is 7.11 Å². The molecule has 0 spiro atoms. The van der Waals surface area contributed by atoms with E-state index in [0.29, 0.717) is 11.8 Å². The first-order valence-electron chi connectivity index (χ1n) is 6.29. The molecule has 96 valence electrons. The van der Waals surface area contributed by atoms with Crippen molar-refractivity contribution in [2.45, 2.75) is 40.7 Å². The molecule has 1 rings (SSSR count). The van der Waals surface area contributed by atoms with Gasteiger partial charge in [-0.05, 0) is 36.8 Å². The second-order valence-electron chi connectivity index (χ2n) is 5.26. The second kappa shape index (κ2) is 5.54. The molecule has 1 aromatic carbocycles. The van der Waals surface area contributed by atoms with Crippen molar-refractivity contribution in [2.75, 3.05) is 7.11 Å². The van der Waals surface area contributed by atoms with E-state index in [-0.39, 0.29) is 6.04 Å². The van der Waals surface area contributed by atoms with Crippen molar-refractivity contribution in [3.8, 4) is 5.75 Å². The lowest BCUT2D eigenvalue weighted by atomic mass is 9.85. The fraction of sp³-hybridized carbons (Fsp3) is 0.600. The molecule has 17 heavy (non-hydrogen) atoms. The molecule has 2 unspecified atom stereocenters. The quantitative estimate of drug-likeness (QED) is 0.865. The number of hydrogen-bond acceptors (Lipinski definition) is 2. The Labute approximate surface area is 105 Å². The minimum Gasteiger partial charge on any atom is -0.496 e. The molecule has 2 nitrogen and oxygen atoms in total. The van der Waals surface area contributed by atoms with Crippen LogP contribution in [0, 0.1) is 25.7 Å². The molecule has 0 aliphatic heterocycles. The number of nitrogens with two attached hydrogens (primary N) is 1. The summed E-state index contributed by atoms with van der Waals surface area (Å²) in [5.74, 6) is 1.95. The molecule has 2 heteroatoms. The van der Waals surface area contributed by atoms with Crippen molar-refractivity contribution in [1.82, 2.24) is 0 Å². The number of rotatable bonds is 4. The maximum absolute atomic E-state index is 6.35. The molecule has 0 radical (unpaired) electrons. The molecule has 2 atom stereocenters. The van der Waals surface area contributed by atoms with Gasteiger partial charge in [-0.3, -0.25) is 0 Å². The maximum atomic E-state index is 6.35. The van der Waals surface area contributed by atoms with Crippen molar-refractivity contribution in [2.24, 2.45) is 17.6 Å². The zero-order valence-corrected chi connectivity index (χ0v) is 11.9. The van der Waals surface area contributed by atoms with Gasteiger partial charge in [0, 0.05) is 11.6 Å². The van der Waals surface area contributed by atoms with Crippen LogP contribution in [0.5, 0.6) is 5.75 Å². The first kappa shape index (κ1) is 14.0. The van der Waals surface area contributed by atoms with Crippen LogP contribution in [0.25, 0.3) is 0 Å². The lowest BCUT2D eigenvalue weighted by molar-refractivity contribution is 0.337. The Bertz CT molecular complexity index is 385. The van der Waals surface area contributed by atoms with Gasteiger partial charge in [0.25, 0.3) is 0 Å². The molecule has 0 saturated heterocycles. The van der Waals surface area contributed by atoms with Gasteiger partial charge in [-0.25, -0.2) is 0 Å². The van der Waals surface area contributed by atoms with E-state index in [1.54, 1.807) is 7.11 Å². The molecule has 1 aromatic rings. The van der Waals surface area contributed by atoms with Gasteiger partial charge in [-0.2, -0.15) is 0 Å². The van der Waals surface area contributed by atoms with E-state index in [1.807, 2.05) is 0 Å². The summed E-state index contributed by atoms with van der Waals surface area (Å²) in [7, 11) is 1.72. The van der Waals surface area contributed by atoms with Crippen molar-refractivity contribution >= 4 is 0 Å². The summed E-state index contributed by atoms with van der Waals surface area (Å²) in [6, 6.07) is 4.26. The van der Waals surface area contributed by atoms with E-state index in [0.717, 1.165) is 11.3 Å². The first-order valence-corrected chi connectivity index (χ1v) is 6.29. The summed E-state index contributed by atoms with van der Waals surface area (Å²) in [5.41, 5.74) is 9.91. The van der Waals surface area contributed by atoms with Gasteiger partial charge in [-0.1, -0.05) is 32.9 Å². The van der Waals surface area contributed by atoms with E-state index < -0.39 is 0 Å². The second-order valence-corrected chi connectivity index (χ2v) is 5.26. The number of ether oxygens (including phenoxy) is 1. The van der Waals surface area contributed by atoms with Gasteiger partial charge < -0.3 is 10.5 Å². The van der Waals surface area contributed by atoms with Crippen molar-refractivity contribution in [3.63, 3.8) is 0 Å². The Morgan fingerprint density at radius 1 is 1.12 bits per heavy atom. The monoisotopic (exact) mass is 235 g/mol. The van der Waals surface area contributed by atoms with E-state index in [9.17, 15) is 0 Å². The molecule has 0 fully saturated rings. The molecular formula is C15H25NO. The van der Waals surface area contributed by atoms with Gasteiger partial charge in [0.1, 0.15) is 5.75 Å². The number of benzene rings is 1. The average Bonchev–Trinajstić information content (AvgIpc) is 2.30. The molecule has 2 N–H and O–H groups in total. The highest BCUT2D eigenvalue weighted by molar-refractivity contribution is 5.46. The van der Waals surface area contributed by atoms with Crippen molar-refractivity contribution in [1.29, 1.82) is 0 Å². The third-order valence-corrected chi connectivity index (χ3v) is 3.89. The first-order chi connectivity index (χ1) is 7.90. The van der Waals surface area contributed by atoms with Crippen LogP contribution in [0.15, 0.2) is 12.1 Å². The maximum Gasteiger partial charge on any atom is 0.126 e. The summed E-state index contributed by atoms with van der Waals surface area (Å²) < 4.78 is 5.53. The summed E-state index contributed by atoms with van der Waals surface area (Å²) in [6.45, 7) is 10.8. The molecule has 0 aromatic heterocycles. The third kappa shape index (κ3) is 2.81. The lowest BCUT2D eigenvalue weighted by Crippen LogP contribution is -2.24. The Morgan fingerprint density at radius 3 is 2.18 bits per heavy atom. The fourth-order valence-corrected chi connectivity index (χ4v) is 2.04. The minimum absolute atomic E-state index is 0.0317. The van der Waals surface area contributed by atoms with Crippen LogP contribution < -0.4 is 10.5 Å². The zero-order chi connectivity index (χ0) is 13.2.